The highest BCUT2D eigenvalue weighted by Crippen LogP contribution is 2.32. The second kappa shape index (κ2) is 6.31. The number of nitrogens with zero attached hydrogens (tertiary/aromatic N) is 1. The summed E-state index contributed by atoms with van der Waals surface area (Å²) in [4.78, 5) is 4.17. The predicted molar refractivity (Wildman–Crippen MR) is 75.9 cm³/mol. The molecule has 104 valence electrons. The Morgan fingerprint density at radius 3 is 2.84 bits per heavy atom. The van der Waals surface area contributed by atoms with Gasteiger partial charge in [-0.25, -0.2) is 0 Å². The number of guanidine groups is 1. The van der Waals surface area contributed by atoms with Gasteiger partial charge in [0.15, 0.2) is 17.5 Å². The van der Waals surface area contributed by atoms with Gasteiger partial charge in [-0.05, 0) is 38.0 Å². The highest BCUT2D eigenvalue weighted by Gasteiger charge is 2.12. The Hall–Kier alpha value is -1.91. The van der Waals surface area contributed by atoms with Crippen molar-refractivity contribution < 1.29 is 9.47 Å². The Morgan fingerprint density at radius 1 is 1.32 bits per heavy atom. The lowest BCUT2D eigenvalue weighted by molar-refractivity contribution is 0.174. The molecule has 0 spiro atoms. The third-order valence-corrected chi connectivity index (χ3v) is 2.79. The van der Waals surface area contributed by atoms with Crippen molar-refractivity contribution in [3.8, 4) is 11.5 Å². The minimum absolute atomic E-state index is 0.321. The van der Waals surface area contributed by atoms with Crippen molar-refractivity contribution in [2.45, 2.75) is 26.3 Å². The van der Waals surface area contributed by atoms with Gasteiger partial charge in [0, 0.05) is 19.6 Å². The molecule has 2 N–H and O–H groups in total. The van der Waals surface area contributed by atoms with Crippen LogP contribution in [0.5, 0.6) is 11.5 Å². The molecule has 0 atom stereocenters. The van der Waals surface area contributed by atoms with Crippen molar-refractivity contribution in [2.24, 2.45) is 4.99 Å². The van der Waals surface area contributed by atoms with Crippen LogP contribution in [0.4, 0.5) is 0 Å². The molecule has 19 heavy (non-hydrogen) atoms. The molecule has 0 aromatic heterocycles. The number of benzene rings is 1. The average Bonchev–Trinajstić information content (AvgIpc) is 2.84. The Bertz CT molecular complexity index is 458. The lowest BCUT2D eigenvalue weighted by Crippen LogP contribution is -2.41. The van der Waals surface area contributed by atoms with Crippen LogP contribution in [0, 0.1) is 0 Å². The van der Waals surface area contributed by atoms with Gasteiger partial charge in [-0.3, -0.25) is 4.99 Å². The molecule has 0 aliphatic carbocycles. The quantitative estimate of drug-likeness (QED) is 0.639. The van der Waals surface area contributed by atoms with Gasteiger partial charge >= 0.3 is 0 Å². The zero-order valence-electron chi connectivity index (χ0n) is 11.7. The molecule has 0 bridgehead atoms. The lowest BCUT2D eigenvalue weighted by atomic mass is 10.1. The standard InChI is InChI=1S/C14H21N3O2/c1-10(2)17-14(15-3)16-7-6-11-4-5-12-13(8-11)19-9-18-12/h4-5,8,10H,6-7,9H2,1-3H3,(H2,15,16,17). The molecule has 0 saturated heterocycles. The molecule has 0 unspecified atom stereocenters. The van der Waals surface area contributed by atoms with E-state index in [4.69, 9.17) is 9.47 Å². The fourth-order valence-corrected chi connectivity index (χ4v) is 1.89. The van der Waals surface area contributed by atoms with Crippen molar-refractivity contribution in [1.82, 2.24) is 10.6 Å². The van der Waals surface area contributed by atoms with E-state index < -0.39 is 0 Å². The number of ether oxygens (including phenoxy) is 2. The first-order valence-electron chi connectivity index (χ1n) is 6.54. The van der Waals surface area contributed by atoms with Gasteiger partial charge in [0.25, 0.3) is 0 Å². The fourth-order valence-electron chi connectivity index (χ4n) is 1.89. The lowest BCUT2D eigenvalue weighted by Gasteiger charge is -2.14. The summed E-state index contributed by atoms with van der Waals surface area (Å²) < 4.78 is 10.7. The minimum Gasteiger partial charge on any atom is -0.454 e. The molecule has 1 aliphatic heterocycles. The maximum atomic E-state index is 5.36. The van der Waals surface area contributed by atoms with Crippen molar-refractivity contribution in [3.05, 3.63) is 23.8 Å². The number of nitrogens with one attached hydrogen (secondary N) is 2. The van der Waals surface area contributed by atoms with Gasteiger partial charge in [0.1, 0.15) is 0 Å². The molecule has 0 radical (unpaired) electrons. The van der Waals surface area contributed by atoms with Crippen LogP contribution in [0.25, 0.3) is 0 Å². The number of hydrogen-bond acceptors (Lipinski definition) is 3. The SMILES string of the molecule is CN=C(NCCc1ccc2c(c1)OCO2)NC(C)C. The largest absolute Gasteiger partial charge is 0.454 e. The van der Waals surface area contributed by atoms with Gasteiger partial charge in [-0.15, -0.1) is 0 Å². The molecule has 0 fully saturated rings. The number of aliphatic imine (C=N–C) groups is 1. The maximum Gasteiger partial charge on any atom is 0.231 e. The molecular formula is C14H21N3O2. The summed E-state index contributed by atoms with van der Waals surface area (Å²) in [5, 5.41) is 6.54. The van der Waals surface area contributed by atoms with Crippen LogP contribution in [0.1, 0.15) is 19.4 Å². The highest BCUT2D eigenvalue weighted by atomic mass is 16.7. The van der Waals surface area contributed by atoms with Gasteiger partial charge < -0.3 is 20.1 Å². The van der Waals surface area contributed by atoms with Crippen LogP contribution in [-0.2, 0) is 6.42 Å². The van der Waals surface area contributed by atoms with Gasteiger partial charge in [0.2, 0.25) is 6.79 Å². The predicted octanol–water partition coefficient (Wildman–Crippen LogP) is 1.53. The summed E-state index contributed by atoms with van der Waals surface area (Å²) in [6.07, 6.45) is 0.912. The Labute approximate surface area is 114 Å². The van der Waals surface area contributed by atoms with E-state index in [1.54, 1.807) is 7.05 Å². The summed E-state index contributed by atoms with van der Waals surface area (Å²) in [6.45, 7) is 5.32. The van der Waals surface area contributed by atoms with E-state index in [-0.39, 0.29) is 0 Å². The summed E-state index contributed by atoms with van der Waals surface area (Å²) in [6, 6.07) is 6.42. The molecule has 0 amide bonds. The molecule has 1 aromatic carbocycles. The third kappa shape index (κ3) is 3.77. The summed E-state index contributed by atoms with van der Waals surface area (Å²) >= 11 is 0. The number of hydrogen-bond donors (Lipinski definition) is 2. The molecule has 2 rings (SSSR count). The van der Waals surface area contributed by atoms with Gasteiger partial charge in [0.05, 0.1) is 0 Å². The molecule has 1 heterocycles. The normalized spacial score (nSPS) is 13.8. The molecule has 5 nitrogen and oxygen atoms in total. The molecule has 5 heteroatoms. The van der Waals surface area contributed by atoms with Crippen LogP contribution < -0.4 is 20.1 Å². The minimum atomic E-state index is 0.321. The second-order valence-corrected chi connectivity index (χ2v) is 4.74. The topological polar surface area (TPSA) is 54.9 Å². The molecule has 1 aromatic rings. The summed E-state index contributed by atoms with van der Waals surface area (Å²) in [5.74, 6) is 2.49. The number of fused-ring (bicyclic) bond motifs is 1. The first-order valence-corrected chi connectivity index (χ1v) is 6.54. The van der Waals surface area contributed by atoms with Crippen LogP contribution >= 0.6 is 0 Å². The Morgan fingerprint density at radius 2 is 2.11 bits per heavy atom. The fraction of sp³-hybridized carbons (Fsp3) is 0.500. The molecular weight excluding hydrogens is 242 g/mol. The van der Waals surface area contributed by atoms with E-state index in [0.29, 0.717) is 12.8 Å². The van der Waals surface area contributed by atoms with E-state index in [2.05, 4.69) is 35.5 Å². The van der Waals surface area contributed by atoms with Crippen molar-refractivity contribution in [3.63, 3.8) is 0 Å². The third-order valence-electron chi connectivity index (χ3n) is 2.79. The zero-order valence-corrected chi connectivity index (χ0v) is 11.7. The van der Waals surface area contributed by atoms with E-state index in [1.807, 2.05) is 12.1 Å². The van der Waals surface area contributed by atoms with Gasteiger partial charge in [-0.1, -0.05) is 6.07 Å². The van der Waals surface area contributed by atoms with Crippen molar-refractivity contribution >= 4 is 5.96 Å². The van der Waals surface area contributed by atoms with E-state index >= 15 is 0 Å². The summed E-state index contributed by atoms with van der Waals surface area (Å²) in [7, 11) is 1.78. The first-order chi connectivity index (χ1) is 9.19. The molecule has 0 saturated carbocycles. The second-order valence-electron chi connectivity index (χ2n) is 4.74. The van der Waals surface area contributed by atoms with Gasteiger partial charge in [-0.2, -0.15) is 0 Å². The zero-order chi connectivity index (χ0) is 13.7. The van der Waals surface area contributed by atoms with E-state index in [9.17, 15) is 0 Å². The average molecular weight is 263 g/mol. The van der Waals surface area contributed by atoms with E-state index in [1.165, 1.54) is 5.56 Å². The van der Waals surface area contributed by atoms with Crippen LogP contribution in [-0.4, -0.2) is 32.4 Å². The Balaban J connectivity index is 1.82. The van der Waals surface area contributed by atoms with Crippen LogP contribution in [0.15, 0.2) is 23.2 Å². The first kappa shape index (κ1) is 13.5. The highest BCUT2D eigenvalue weighted by molar-refractivity contribution is 5.79. The van der Waals surface area contributed by atoms with Crippen LogP contribution in [0.3, 0.4) is 0 Å². The Kier molecular flexibility index (Phi) is 4.49. The van der Waals surface area contributed by atoms with Crippen molar-refractivity contribution in [2.75, 3.05) is 20.4 Å². The van der Waals surface area contributed by atoms with Crippen molar-refractivity contribution in [1.29, 1.82) is 0 Å². The van der Waals surface area contributed by atoms with Crippen LogP contribution in [0.2, 0.25) is 0 Å². The summed E-state index contributed by atoms with van der Waals surface area (Å²) in [5.41, 5.74) is 1.22. The number of rotatable bonds is 4. The smallest absolute Gasteiger partial charge is 0.231 e. The van der Waals surface area contributed by atoms with E-state index in [0.717, 1.165) is 30.4 Å². The monoisotopic (exact) mass is 263 g/mol. The maximum absolute atomic E-state index is 5.36. The molecule has 1 aliphatic rings.